The number of hydrogen-bond acceptors (Lipinski definition) is 4. The van der Waals surface area contributed by atoms with Crippen LogP contribution in [0.4, 0.5) is 11.4 Å². The topological polar surface area (TPSA) is 84.3 Å². The summed E-state index contributed by atoms with van der Waals surface area (Å²) >= 11 is 0. The van der Waals surface area contributed by atoms with Crippen molar-refractivity contribution in [3.63, 3.8) is 0 Å². The Morgan fingerprint density at radius 1 is 1.45 bits per heavy atom. The molecule has 108 valence electrons. The molecule has 0 bridgehead atoms. The molecule has 0 atom stereocenters. The van der Waals surface area contributed by atoms with Gasteiger partial charge in [0.15, 0.2) is 0 Å². The Balaban J connectivity index is 2.11. The summed E-state index contributed by atoms with van der Waals surface area (Å²) in [6.45, 7) is 3.30. The standard InChI is InChI=1S/C14H19N3O3/c1-2-7-15-12-8-11(5-6-13(12)17(19)20)14(18)16-9-10-3-4-10/h5-6,8,10,15H,2-4,7,9H2,1H3,(H,16,18). The predicted molar refractivity (Wildman–Crippen MR) is 76.9 cm³/mol. The summed E-state index contributed by atoms with van der Waals surface area (Å²) in [6, 6.07) is 4.43. The van der Waals surface area contributed by atoms with E-state index in [9.17, 15) is 14.9 Å². The number of benzene rings is 1. The summed E-state index contributed by atoms with van der Waals surface area (Å²) in [5.74, 6) is 0.432. The summed E-state index contributed by atoms with van der Waals surface area (Å²) in [4.78, 5) is 22.5. The molecule has 6 nitrogen and oxygen atoms in total. The molecule has 0 radical (unpaired) electrons. The van der Waals surface area contributed by atoms with Crippen molar-refractivity contribution in [1.29, 1.82) is 0 Å². The molecule has 1 aromatic carbocycles. The smallest absolute Gasteiger partial charge is 0.292 e. The van der Waals surface area contributed by atoms with Gasteiger partial charge in [-0.05, 0) is 37.3 Å². The van der Waals surface area contributed by atoms with Crippen LogP contribution in [0.2, 0.25) is 0 Å². The molecule has 1 saturated carbocycles. The van der Waals surface area contributed by atoms with E-state index in [0.29, 0.717) is 30.3 Å². The molecule has 0 heterocycles. The van der Waals surface area contributed by atoms with Gasteiger partial charge in [-0.3, -0.25) is 14.9 Å². The lowest BCUT2D eigenvalue weighted by Gasteiger charge is -2.09. The Morgan fingerprint density at radius 2 is 2.20 bits per heavy atom. The Morgan fingerprint density at radius 3 is 2.80 bits per heavy atom. The van der Waals surface area contributed by atoms with Crippen LogP contribution in [0.1, 0.15) is 36.5 Å². The maximum absolute atomic E-state index is 12.0. The second-order valence-corrected chi connectivity index (χ2v) is 5.07. The van der Waals surface area contributed by atoms with E-state index in [4.69, 9.17) is 0 Å². The van der Waals surface area contributed by atoms with Gasteiger partial charge < -0.3 is 10.6 Å². The van der Waals surface area contributed by atoms with Crippen molar-refractivity contribution in [1.82, 2.24) is 5.32 Å². The number of nitrogens with zero attached hydrogens (tertiary/aromatic N) is 1. The van der Waals surface area contributed by atoms with Gasteiger partial charge in [0, 0.05) is 24.7 Å². The molecule has 1 aromatic rings. The Hall–Kier alpha value is -2.11. The van der Waals surface area contributed by atoms with Crippen LogP contribution in [0, 0.1) is 16.0 Å². The van der Waals surface area contributed by atoms with E-state index in [1.165, 1.54) is 25.0 Å². The lowest BCUT2D eigenvalue weighted by atomic mass is 10.1. The second-order valence-electron chi connectivity index (χ2n) is 5.07. The van der Waals surface area contributed by atoms with E-state index in [1.807, 2.05) is 6.92 Å². The van der Waals surface area contributed by atoms with Crippen molar-refractivity contribution in [2.75, 3.05) is 18.4 Å². The fourth-order valence-electron chi connectivity index (χ4n) is 1.90. The first kappa shape index (κ1) is 14.3. The van der Waals surface area contributed by atoms with E-state index in [0.717, 1.165) is 6.42 Å². The number of carbonyl (C=O) groups excluding carboxylic acids is 1. The van der Waals surface area contributed by atoms with Gasteiger partial charge in [-0.1, -0.05) is 6.92 Å². The third kappa shape index (κ3) is 3.69. The van der Waals surface area contributed by atoms with E-state index in [2.05, 4.69) is 10.6 Å². The van der Waals surface area contributed by atoms with Crippen LogP contribution in [0.25, 0.3) is 0 Å². The zero-order valence-electron chi connectivity index (χ0n) is 11.5. The molecule has 1 amide bonds. The van der Waals surface area contributed by atoms with Gasteiger partial charge in [0.25, 0.3) is 11.6 Å². The monoisotopic (exact) mass is 277 g/mol. The maximum atomic E-state index is 12.0. The van der Waals surface area contributed by atoms with Crippen LogP contribution in [0.5, 0.6) is 0 Å². The van der Waals surface area contributed by atoms with Gasteiger partial charge in [0.2, 0.25) is 0 Å². The van der Waals surface area contributed by atoms with Gasteiger partial charge in [0.1, 0.15) is 5.69 Å². The molecule has 6 heteroatoms. The first-order valence-electron chi connectivity index (χ1n) is 6.92. The summed E-state index contributed by atoms with van der Waals surface area (Å²) in [5, 5.41) is 16.8. The number of hydrogen-bond donors (Lipinski definition) is 2. The Labute approximate surface area is 117 Å². The third-order valence-electron chi connectivity index (χ3n) is 3.27. The zero-order valence-corrected chi connectivity index (χ0v) is 11.5. The first-order chi connectivity index (χ1) is 9.61. The highest BCUT2D eigenvalue weighted by molar-refractivity contribution is 5.95. The molecular weight excluding hydrogens is 258 g/mol. The molecule has 0 aliphatic heterocycles. The highest BCUT2D eigenvalue weighted by Gasteiger charge is 2.22. The van der Waals surface area contributed by atoms with E-state index < -0.39 is 4.92 Å². The van der Waals surface area contributed by atoms with E-state index >= 15 is 0 Å². The highest BCUT2D eigenvalue weighted by atomic mass is 16.6. The quantitative estimate of drug-likeness (QED) is 0.592. The minimum Gasteiger partial charge on any atom is -0.379 e. The Kier molecular flexibility index (Phi) is 4.55. The van der Waals surface area contributed by atoms with Gasteiger partial charge in [-0.15, -0.1) is 0 Å². The molecule has 0 aromatic heterocycles. The van der Waals surface area contributed by atoms with Crippen LogP contribution in [0.3, 0.4) is 0 Å². The van der Waals surface area contributed by atoms with Crippen LogP contribution in [-0.2, 0) is 0 Å². The second kappa shape index (κ2) is 6.36. The molecule has 0 saturated heterocycles. The molecule has 2 N–H and O–H groups in total. The van der Waals surface area contributed by atoms with E-state index in [-0.39, 0.29) is 11.6 Å². The largest absolute Gasteiger partial charge is 0.379 e. The average molecular weight is 277 g/mol. The fraction of sp³-hybridized carbons (Fsp3) is 0.500. The lowest BCUT2D eigenvalue weighted by molar-refractivity contribution is -0.384. The Bertz CT molecular complexity index is 512. The summed E-state index contributed by atoms with van der Waals surface area (Å²) in [5.41, 5.74) is 0.850. The normalized spacial score (nSPS) is 13.8. The molecule has 20 heavy (non-hydrogen) atoms. The molecule has 2 rings (SSSR count). The molecule has 1 aliphatic rings. The van der Waals surface area contributed by atoms with Gasteiger partial charge >= 0.3 is 0 Å². The van der Waals surface area contributed by atoms with Crippen molar-refractivity contribution in [2.45, 2.75) is 26.2 Å². The van der Waals surface area contributed by atoms with Crippen molar-refractivity contribution in [3.8, 4) is 0 Å². The van der Waals surface area contributed by atoms with Crippen LogP contribution in [-0.4, -0.2) is 23.9 Å². The van der Waals surface area contributed by atoms with Crippen LogP contribution >= 0.6 is 0 Å². The lowest BCUT2D eigenvalue weighted by Crippen LogP contribution is -2.25. The fourth-order valence-corrected chi connectivity index (χ4v) is 1.90. The summed E-state index contributed by atoms with van der Waals surface area (Å²) in [7, 11) is 0. The minimum absolute atomic E-state index is 0.00260. The van der Waals surface area contributed by atoms with Gasteiger partial charge in [0.05, 0.1) is 4.92 Å². The number of carbonyl (C=O) groups is 1. The number of nitro groups is 1. The average Bonchev–Trinajstić information content (AvgIpc) is 3.26. The molecule has 1 fully saturated rings. The molecule has 0 unspecified atom stereocenters. The van der Waals surface area contributed by atoms with E-state index in [1.54, 1.807) is 6.07 Å². The molecule has 1 aliphatic carbocycles. The van der Waals surface area contributed by atoms with Crippen molar-refractivity contribution < 1.29 is 9.72 Å². The van der Waals surface area contributed by atoms with Crippen molar-refractivity contribution >= 4 is 17.3 Å². The minimum atomic E-state index is -0.441. The summed E-state index contributed by atoms with van der Waals surface area (Å²) in [6.07, 6.45) is 3.20. The highest BCUT2D eigenvalue weighted by Crippen LogP contribution is 2.28. The number of nitro benzene ring substituents is 1. The third-order valence-corrected chi connectivity index (χ3v) is 3.27. The van der Waals surface area contributed by atoms with Crippen LogP contribution in [0.15, 0.2) is 18.2 Å². The zero-order chi connectivity index (χ0) is 14.5. The van der Waals surface area contributed by atoms with Gasteiger partial charge in [-0.2, -0.15) is 0 Å². The number of amides is 1. The van der Waals surface area contributed by atoms with Crippen molar-refractivity contribution in [3.05, 3.63) is 33.9 Å². The SMILES string of the molecule is CCCNc1cc(C(=O)NCC2CC2)ccc1[N+](=O)[O-]. The number of rotatable bonds is 7. The van der Waals surface area contributed by atoms with Crippen LogP contribution < -0.4 is 10.6 Å². The molecule has 0 spiro atoms. The number of nitrogens with one attached hydrogen (secondary N) is 2. The first-order valence-corrected chi connectivity index (χ1v) is 6.92. The predicted octanol–water partition coefficient (Wildman–Crippen LogP) is 2.56. The molecular formula is C14H19N3O3. The van der Waals surface area contributed by atoms with Gasteiger partial charge in [-0.25, -0.2) is 0 Å². The van der Waals surface area contributed by atoms with Crippen molar-refractivity contribution in [2.24, 2.45) is 5.92 Å². The maximum Gasteiger partial charge on any atom is 0.292 e. The number of anilines is 1. The summed E-state index contributed by atoms with van der Waals surface area (Å²) < 4.78 is 0.